The third-order valence-corrected chi connectivity index (χ3v) is 6.84. The fourth-order valence-electron chi connectivity index (χ4n) is 3.29. The number of fused-ring (bicyclic) bond motifs is 1. The van der Waals surface area contributed by atoms with Crippen LogP contribution >= 0.6 is 0 Å². The first-order valence-electron chi connectivity index (χ1n) is 8.35. The van der Waals surface area contributed by atoms with Gasteiger partial charge in [-0.2, -0.15) is 8.42 Å². The molecule has 2 heterocycles. The lowest BCUT2D eigenvalue weighted by Crippen LogP contribution is -2.45. The molecule has 0 bridgehead atoms. The highest BCUT2D eigenvalue weighted by Crippen LogP contribution is 2.28. The van der Waals surface area contributed by atoms with E-state index < -0.39 is 14.1 Å². The van der Waals surface area contributed by atoms with Crippen molar-refractivity contribution in [2.24, 2.45) is 0 Å². The maximum atomic E-state index is 12.5. The van der Waals surface area contributed by atoms with Gasteiger partial charge in [-0.05, 0) is 43.8 Å². The molecular formula is C17H25N3O3S. The second kappa shape index (κ2) is 6.48. The molecule has 1 saturated heterocycles. The molecule has 1 N–H and O–H groups in total. The molecule has 1 aliphatic heterocycles. The van der Waals surface area contributed by atoms with Crippen LogP contribution in [0.5, 0.6) is 0 Å². The monoisotopic (exact) mass is 351 g/mol. The van der Waals surface area contributed by atoms with Crippen molar-refractivity contribution in [2.45, 2.75) is 25.0 Å². The fourth-order valence-corrected chi connectivity index (χ4v) is 4.94. The van der Waals surface area contributed by atoms with E-state index in [-0.39, 0.29) is 18.8 Å². The number of sulfonamides is 1. The van der Waals surface area contributed by atoms with Gasteiger partial charge in [-0.1, -0.05) is 6.07 Å². The molecule has 7 heteroatoms. The lowest BCUT2D eigenvalue weighted by atomic mass is 10.1. The van der Waals surface area contributed by atoms with Gasteiger partial charge < -0.3 is 15.1 Å². The van der Waals surface area contributed by atoms with Gasteiger partial charge >= 0.3 is 10.0 Å². The molecular weight excluding hydrogens is 326 g/mol. The number of benzene rings is 1. The first kappa shape index (κ1) is 17.4. The van der Waals surface area contributed by atoms with Crippen molar-refractivity contribution in [1.29, 1.82) is 0 Å². The zero-order chi connectivity index (χ0) is 17.4. The number of aromatic amines is 1. The van der Waals surface area contributed by atoms with E-state index in [0.29, 0.717) is 18.4 Å². The molecule has 132 valence electrons. The van der Waals surface area contributed by atoms with Crippen LogP contribution in [0, 0.1) is 5.21 Å². The Morgan fingerprint density at radius 1 is 1.25 bits per heavy atom. The highest BCUT2D eigenvalue weighted by Gasteiger charge is 2.36. The standard InChI is InChI=1S/C17H25N3O3S/c1-19(2)8-7-15-12-18-17-6-5-14(11-16(15)17)13-24(22,23)20(21)9-3-4-10-20/h5-6,11-12,18H,3-4,7-10,13H2,1-2H3. The van der Waals surface area contributed by atoms with E-state index >= 15 is 0 Å². The molecule has 1 aliphatic rings. The number of rotatable bonds is 6. The number of likely N-dealkylation sites (N-methyl/N-ethyl adjacent to an activating group) is 1. The van der Waals surface area contributed by atoms with E-state index in [1.807, 2.05) is 32.4 Å². The molecule has 6 nitrogen and oxygen atoms in total. The second-order valence-corrected chi connectivity index (χ2v) is 9.06. The second-order valence-electron chi connectivity index (χ2n) is 6.94. The Kier molecular flexibility index (Phi) is 4.70. The molecule has 0 aliphatic carbocycles. The van der Waals surface area contributed by atoms with E-state index in [2.05, 4.69) is 9.88 Å². The molecule has 3 rings (SSSR count). The minimum atomic E-state index is -3.74. The topological polar surface area (TPSA) is 76.2 Å². The van der Waals surface area contributed by atoms with E-state index in [1.165, 1.54) is 5.56 Å². The molecule has 0 saturated carbocycles. The molecule has 0 radical (unpaired) electrons. The minimum absolute atomic E-state index is 0.183. The van der Waals surface area contributed by atoms with Gasteiger partial charge in [0.1, 0.15) is 5.75 Å². The summed E-state index contributed by atoms with van der Waals surface area (Å²) in [5, 5.41) is 13.6. The number of hydrogen-bond donors (Lipinski definition) is 1. The summed E-state index contributed by atoms with van der Waals surface area (Å²) in [6, 6.07) is 5.61. The fraction of sp³-hybridized carbons (Fsp3) is 0.529. The summed E-state index contributed by atoms with van der Waals surface area (Å²) in [5.41, 5.74) is 2.86. The Morgan fingerprint density at radius 2 is 1.96 bits per heavy atom. The molecule has 0 atom stereocenters. The molecule has 1 fully saturated rings. The van der Waals surface area contributed by atoms with Crippen molar-refractivity contribution in [3.8, 4) is 0 Å². The van der Waals surface area contributed by atoms with E-state index in [4.69, 9.17) is 0 Å². The van der Waals surface area contributed by atoms with E-state index in [9.17, 15) is 13.6 Å². The van der Waals surface area contributed by atoms with Gasteiger partial charge in [-0.15, -0.1) is 0 Å². The number of hydroxylamine groups is 2. The minimum Gasteiger partial charge on any atom is -0.617 e. The molecule has 0 amide bonds. The number of H-pyrrole nitrogens is 1. The van der Waals surface area contributed by atoms with Crippen LogP contribution in [0.2, 0.25) is 0 Å². The van der Waals surface area contributed by atoms with Gasteiger partial charge in [0.25, 0.3) is 0 Å². The van der Waals surface area contributed by atoms with Crippen LogP contribution in [0.3, 0.4) is 0 Å². The maximum absolute atomic E-state index is 12.5. The lowest BCUT2D eigenvalue weighted by molar-refractivity contribution is -0.738. The molecule has 0 unspecified atom stereocenters. The van der Waals surface area contributed by atoms with Crippen LogP contribution < -0.4 is 0 Å². The summed E-state index contributed by atoms with van der Waals surface area (Å²) in [5.74, 6) is -0.190. The maximum Gasteiger partial charge on any atom is 0.301 e. The predicted octanol–water partition coefficient (Wildman–Crippen LogP) is 2.21. The number of nitrogens with one attached hydrogen (secondary N) is 1. The summed E-state index contributed by atoms with van der Waals surface area (Å²) >= 11 is 0. The van der Waals surface area contributed by atoms with Crippen LogP contribution in [0.1, 0.15) is 24.0 Å². The van der Waals surface area contributed by atoms with Crippen LogP contribution in [0.4, 0.5) is 0 Å². The smallest absolute Gasteiger partial charge is 0.301 e. The van der Waals surface area contributed by atoms with Crippen LogP contribution in [0.15, 0.2) is 24.4 Å². The summed E-state index contributed by atoms with van der Waals surface area (Å²) in [7, 11) is 0.316. The highest BCUT2D eigenvalue weighted by atomic mass is 32.2. The van der Waals surface area contributed by atoms with Crippen molar-refractivity contribution in [3.63, 3.8) is 0 Å². The van der Waals surface area contributed by atoms with E-state index in [0.717, 1.165) is 23.9 Å². The van der Waals surface area contributed by atoms with Crippen LogP contribution in [-0.4, -0.2) is 56.1 Å². The molecule has 1 aromatic carbocycles. The van der Waals surface area contributed by atoms with Crippen molar-refractivity contribution in [1.82, 2.24) is 9.88 Å². The first-order chi connectivity index (χ1) is 11.3. The van der Waals surface area contributed by atoms with Crippen LogP contribution in [-0.2, 0) is 22.2 Å². The Bertz CT molecular complexity index is 821. The Hall–Kier alpha value is -1.41. The Labute approximate surface area is 143 Å². The zero-order valence-corrected chi connectivity index (χ0v) is 15.1. The number of quaternary nitrogens is 1. The van der Waals surface area contributed by atoms with Gasteiger partial charge in [-0.3, -0.25) is 4.05 Å². The predicted molar refractivity (Wildman–Crippen MR) is 95.8 cm³/mol. The van der Waals surface area contributed by atoms with Gasteiger partial charge in [-0.25, -0.2) is 0 Å². The van der Waals surface area contributed by atoms with Crippen molar-refractivity contribution < 1.29 is 12.5 Å². The zero-order valence-electron chi connectivity index (χ0n) is 14.3. The SMILES string of the molecule is CN(C)CCc1c[nH]c2ccc(CS(=O)(=O)[N+]3([O-])CCCC3)cc12. The summed E-state index contributed by atoms with van der Waals surface area (Å²) in [6.45, 7) is 1.29. The number of aromatic nitrogens is 1. The Balaban J connectivity index is 1.86. The average Bonchev–Trinajstić information content (AvgIpc) is 3.12. The number of hydrogen-bond acceptors (Lipinski definition) is 4. The van der Waals surface area contributed by atoms with Crippen molar-refractivity contribution >= 4 is 20.9 Å². The van der Waals surface area contributed by atoms with Gasteiger partial charge in [0.05, 0.1) is 13.1 Å². The highest BCUT2D eigenvalue weighted by molar-refractivity contribution is 7.85. The summed E-state index contributed by atoms with van der Waals surface area (Å²) < 4.78 is 24.0. The van der Waals surface area contributed by atoms with Gasteiger partial charge in [0.15, 0.2) is 0 Å². The summed E-state index contributed by atoms with van der Waals surface area (Å²) in [6.07, 6.45) is 4.25. The first-order valence-corrected chi connectivity index (χ1v) is 9.96. The third kappa shape index (κ3) is 3.35. The van der Waals surface area contributed by atoms with Crippen molar-refractivity contribution in [3.05, 3.63) is 40.7 Å². The Morgan fingerprint density at radius 3 is 2.62 bits per heavy atom. The van der Waals surface area contributed by atoms with Crippen molar-refractivity contribution in [2.75, 3.05) is 33.7 Å². The molecule has 2 aromatic rings. The van der Waals surface area contributed by atoms with Gasteiger partial charge in [0, 0.05) is 36.5 Å². The normalized spacial score (nSPS) is 17.8. The summed E-state index contributed by atoms with van der Waals surface area (Å²) in [4.78, 5) is 5.35. The largest absolute Gasteiger partial charge is 0.617 e. The number of nitrogens with zero attached hydrogens (tertiary/aromatic N) is 2. The molecule has 24 heavy (non-hydrogen) atoms. The average molecular weight is 351 g/mol. The lowest BCUT2D eigenvalue weighted by Gasteiger charge is -2.36. The van der Waals surface area contributed by atoms with E-state index in [1.54, 1.807) is 6.07 Å². The third-order valence-electron chi connectivity index (χ3n) is 4.76. The van der Waals surface area contributed by atoms with Crippen LogP contribution in [0.25, 0.3) is 10.9 Å². The molecule has 0 spiro atoms. The van der Waals surface area contributed by atoms with Gasteiger partial charge in [0.2, 0.25) is 0 Å². The quantitative estimate of drug-likeness (QED) is 0.639. The molecule has 1 aromatic heterocycles.